The largest absolute Gasteiger partial charge is 0.419 e. The van der Waals surface area contributed by atoms with Gasteiger partial charge >= 0.3 is 0 Å². The molecule has 4 heteroatoms. The van der Waals surface area contributed by atoms with Crippen LogP contribution in [-0.2, 0) is 0 Å². The molecule has 0 spiro atoms. The summed E-state index contributed by atoms with van der Waals surface area (Å²) in [5.74, 6) is 0.912. The molecule has 0 aliphatic rings. The molecule has 21 heavy (non-hydrogen) atoms. The van der Waals surface area contributed by atoms with E-state index in [0.717, 1.165) is 22.3 Å². The minimum Gasteiger partial charge on any atom is -0.419 e. The van der Waals surface area contributed by atoms with E-state index in [4.69, 9.17) is 16.0 Å². The van der Waals surface area contributed by atoms with E-state index in [1.165, 1.54) is 0 Å². The van der Waals surface area contributed by atoms with Gasteiger partial charge in [0.05, 0.1) is 0 Å². The Bertz CT molecular complexity index is 732. The van der Waals surface area contributed by atoms with Gasteiger partial charge in [-0.05, 0) is 31.5 Å². The maximum absolute atomic E-state index is 6.40. The van der Waals surface area contributed by atoms with Crippen molar-refractivity contribution in [3.05, 3.63) is 71.1 Å². The van der Waals surface area contributed by atoms with Gasteiger partial charge in [-0.3, -0.25) is 0 Å². The van der Waals surface area contributed by atoms with Gasteiger partial charge in [-0.15, -0.1) is 21.8 Å². The van der Waals surface area contributed by atoms with E-state index >= 15 is 0 Å². The molecule has 0 amide bonds. The minimum absolute atomic E-state index is 0.414. The van der Waals surface area contributed by atoms with Crippen LogP contribution in [0.4, 0.5) is 0 Å². The maximum atomic E-state index is 6.40. The Morgan fingerprint density at radius 3 is 2.29 bits per heavy atom. The van der Waals surface area contributed by atoms with Crippen molar-refractivity contribution < 1.29 is 4.42 Å². The van der Waals surface area contributed by atoms with Gasteiger partial charge in [0.2, 0.25) is 11.8 Å². The molecule has 0 aliphatic carbocycles. The molecule has 0 N–H and O–H groups in total. The molecule has 106 valence electrons. The summed E-state index contributed by atoms with van der Waals surface area (Å²) in [6.07, 6.45) is 0. The quantitative estimate of drug-likeness (QED) is 0.659. The van der Waals surface area contributed by atoms with Crippen molar-refractivity contribution in [3.8, 4) is 11.5 Å². The van der Waals surface area contributed by atoms with Crippen LogP contribution in [-0.4, -0.2) is 10.2 Å². The summed E-state index contributed by atoms with van der Waals surface area (Å²) in [4.78, 5) is 0. The van der Waals surface area contributed by atoms with E-state index in [9.17, 15) is 0 Å². The molecule has 0 fully saturated rings. The Morgan fingerprint density at radius 2 is 1.62 bits per heavy atom. The third kappa shape index (κ3) is 2.98. The standard InChI is InChI=1S/C17H15ClN2O/c1-11-8-12(2)10-14(9-11)16-19-20-17(21-16)15(18)13-6-4-3-5-7-13/h3-10,15H,1-2H3. The van der Waals surface area contributed by atoms with E-state index in [2.05, 4.69) is 16.3 Å². The summed E-state index contributed by atoms with van der Waals surface area (Å²) in [5, 5.41) is 7.76. The zero-order valence-electron chi connectivity index (χ0n) is 11.9. The summed E-state index contributed by atoms with van der Waals surface area (Å²) in [7, 11) is 0. The molecule has 3 nitrogen and oxygen atoms in total. The highest BCUT2D eigenvalue weighted by atomic mass is 35.5. The first-order valence-electron chi connectivity index (χ1n) is 6.74. The summed E-state index contributed by atoms with van der Waals surface area (Å²) in [6.45, 7) is 4.09. The molecular weight excluding hydrogens is 284 g/mol. The van der Waals surface area contributed by atoms with Crippen LogP contribution < -0.4 is 0 Å². The van der Waals surface area contributed by atoms with Crippen molar-refractivity contribution in [1.82, 2.24) is 10.2 Å². The monoisotopic (exact) mass is 298 g/mol. The van der Waals surface area contributed by atoms with E-state index < -0.39 is 5.38 Å². The molecule has 0 radical (unpaired) electrons. The average molecular weight is 299 g/mol. The summed E-state index contributed by atoms with van der Waals surface area (Å²) >= 11 is 6.40. The number of rotatable bonds is 3. The third-order valence-corrected chi connectivity index (χ3v) is 3.66. The Hall–Kier alpha value is -2.13. The minimum atomic E-state index is -0.432. The summed E-state index contributed by atoms with van der Waals surface area (Å²) in [6, 6.07) is 15.9. The van der Waals surface area contributed by atoms with E-state index in [1.54, 1.807) is 0 Å². The SMILES string of the molecule is Cc1cc(C)cc(-c2nnc(C(Cl)c3ccccc3)o2)c1. The summed E-state index contributed by atoms with van der Waals surface area (Å²) < 4.78 is 5.74. The Kier molecular flexibility index (Phi) is 3.76. The highest BCUT2D eigenvalue weighted by molar-refractivity contribution is 6.22. The fourth-order valence-corrected chi connectivity index (χ4v) is 2.55. The Labute approximate surface area is 128 Å². The lowest BCUT2D eigenvalue weighted by Gasteiger charge is -2.04. The number of aromatic nitrogens is 2. The Morgan fingerprint density at radius 1 is 0.952 bits per heavy atom. The molecule has 1 heterocycles. The second-order valence-electron chi connectivity index (χ2n) is 5.10. The average Bonchev–Trinajstić information content (AvgIpc) is 2.96. The molecule has 0 saturated heterocycles. The number of hydrogen-bond acceptors (Lipinski definition) is 3. The molecule has 1 aromatic heterocycles. The maximum Gasteiger partial charge on any atom is 0.247 e. The van der Waals surface area contributed by atoms with Gasteiger partial charge in [-0.2, -0.15) is 0 Å². The molecule has 0 bridgehead atoms. The molecule has 0 saturated carbocycles. The lowest BCUT2D eigenvalue weighted by atomic mass is 10.1. The number of nitrogens with zero attached hydrogens (tertiary/aromatic N) is 2. The predicted molar refractivity (Wildman–Crippen MR) is 83.3 cm³/mol. The molecule has 2 aromatic carbocycles. The second-order valence-corrected chi connectivity index (χ2v) is 5.53. The van der Waals surface area contributed by atoms with Gasteiger partial charge in [0, 0.05) is 5.56 Å². The van der Waals surface area contributed by atoms with Crippen molar-refractivity contribution in [1.29, 1.82) is 0 Å². The number of benzene rings is 2. The molecule has 1 unspecified atom stereocenters. The van der Waals surface area contributed by atoms with Gasteiger partial charge in [-0.1, -0.05) is 47.5 Å². The van der Waals surface area contributed by atoms with Crippen molar-refractivity contribution in [2.45, 2.75) is 19.2 Å². The van der Waals surface area contributed by atoms with E-state index in [1.807, 2.05) is 56.3 Å². The summed E-state index contributed by atoms with van der Waals surface area (Å²) in [5.41, 5.74) is 4.18. The number of aryl methyl sites for hydroxylation is 2. The van der Waals surface area contributed by atoms with Gasteiger partial charge in [0.1, 0.15) is 5.38 Å². The normalized spacial score (nSPS) is 12.3. The van der Waals surface area contributed by atoms with Crippen LogP contribution in [0.1, 0.15) is 28.0 Å². The van der Waals surface area contributed by atoms with Crippen molar-refractivity contribution >= 4 is 11.6 Å². The van der Waals surface area contributed by atoms with Crippen LogP contribution in [0.5, 0.6) is 0 Å². The smallest absolute Gasteiger partial charge is 0.247 e. The van der Waals surface area contributed by atoms with Crippen LogP contribution in [0.3, 0.4) is 0 Å². The van der Waals surface area contributed by atoms with Gasteiger partial charge in [-0.25, -0.2) is 0 Å². The van der Waals surface area contributed by atoms with Crippen molar-refractivity contribution in [3.63, 3.8) is 0 Å². The van der Waals surface area contributed by atoms with E-state index in [0.29, 0.717) is 11.8 Å². The molecule has 1 atom stereocenters. The lowest BCUT2D eigenvalue weighted by molar-refractivity contribution is 0.513. The molecule has 0 aliphatic heterocycles. The van der Waals surface area contributed by atoms with Crippen molar-refractivity contribution in [2.24, 2.45) is 0 Å². The number of alkyl halides is 1. The first kappa shape index (κ1) is 13.8. The van der Waals surface area contributed by atoms with Crippen LogP contribution in [0.15, 0.2) is 52.9 Å². The zero-order chi connectivity index (χ0) is 14.8. The highest BCUT2D eigenvalue weighted by Gasteiger charge is 2.18. The predicted octanol–water partition coefficient (Wildman–Crippen LogP) is 4.68. The van der Waals surface area contributed by atoms with Crippen LogP contribution in [0, 0.1) is 13.8 Å². The number of halogens is 1. The first-order chi connectivity index (χ1) is 10.1. The van der Waals surface area contributed by atoms with Gasteiger partial charge in [0.15, 0.2) is 0 Å². The topological polar surface area (TPSA) is 38.9 Å². The van der Waals surface area contributed by atoms with Crippen LogP contribution >= 0.6 is 11.6 Å². The highest BCUT2D eigenvalue weighted by Crippen LogP contribution is 2.30. The fourth-order valence-electron chi connectivity index (χ4n) is 2.32. The Balaban J connectivity index is 1.93. The van der Waals surface area contributed by atoms with Crippen LogP contribution in [0.2, 0.25) is 0 Å². The van der Waals surface area contributed by atoms with Gasteiger partial charge < -0.3 is 4.42 Å². The third-order valence-electron chi connectivity index (χ3n) is 3.22. The zero-order valence-corrected chi connectivity index (χ0v) is 12.6. The van der Waals surface area contributed by atoms with Crippen molar-refractivity contribution in [2.75, 3.05) is 0 Å². The fraction of sp³-hybridized carbons (Fsp3) is 0.176. The molecular formula is C17H15ClN2O. The molecule has 3 aromatic rings. The number of hydrogen-bond donors (Lipinski definition) is 0. The molecule has 3 rings (SSSR count). The van der Waals surface area contributed by atoms with Gasteiger partial charge in [0.25, 0.3) is 0 Å². The van der Waals surface area contributed by atoms with E-state index in [-0.39, 0.29) is 0 Å². The first-order valence-corrected chi connectivity index (χ1v) is 7.18. The van der Waals surface area contributed by atoms with Crippen LogP contribution in [0.25, 0.3) is 11.5 Å². The second kappa shape index (κ2) is 5.70. The lowest BCUT2D eigenvalue weighted by Crippen LogP contribution is -1.92.